The minimum atomic E-state index is -0.464. The van der Waals surface area contributed by atoms with E-state index in [1.807, 2.05) is 30.3 Å². The van der Waals surface area contributed by atoms with Gasteiger partial charge < -0.3 is 9.47 Å². The minimum Gasteiger partial charge on any atom is -0.457 e. The monoisotopic (exact) mass is 336 g/mol. The summed E-state index contributed by atoms with van der Waals surface area (Å²) in [5.41, 5.74) is 1.16. The minimum absolute atomic E-state index is 0.323. The smallest absolute Gasteiger partial charge is 0.338 e. The van der Waals surface area contributed by atoms with Crippen molar-refractivity contribution in [1.82, 2.24) is 0 Å². The van der Waals surface area contributed by atoms with Gasteiger partial charge in [0.2, 0.25) is 0 Å². The van der Waals surface area contributed by atoms with Gasteiger partial charge in [0.05, 0.1) is 5.56 Å². The van der Waals surface area contributed by atoms with Crippen LogP contribution in [0.15, 0.2) is 78.9 Å². The summed E-state index contributed by atoms with van der Waals surface area (Å²) in [5, 5.41) is 0. The van der Waals surface area contributed by atoms with Crippen molar-refractivity contribution in [2.75, 3.05) is 0 Å². The Balaban J connectivity index is 1.63. The van der Waals surface area contributed by atoms with Crippen LogP contribution in [0.5, 0.6) is 11.5 Å². The number of benzene rings is 3. The van der Waals surface area contributed by atoms with Crippen molar-refractivity contribution in [3.05, 3.63) is 95.8 Å². The van der Waals surface area contributed by atoms with Crippen LogP contribution in [0.25, 0.3) is 0 Å². The fourth-order valence-corrected chi connectivity index (χ4v) is 2.31. The van der Waals surface area contributed by atoms with Gasteiger partial charge in [0, 0.05) is 0 Å². The van der Waals surface area contributed by atoms with Gasteiger partial charge in [-0.25, -0.2) is 9.18 Å². The van der Waals surface area contributed by atoms with Crippen LogP contribution in [-0.2, 0) is 4.74 Å². The van der Waals surface area contributed by atoms with Crippen LogP contribution in [0.3, 0.4) is 0 Å². The predicted molar refractivity (Wildman–Crippen MR) is 93.2 cm³/mol. The number of hydrogen-bond acceptors (Lipinski definition) is 3. The average molecular weight is 336 g/mol. The Morgan fingerprint density at radius 1 is 0.840 bits per heavy atom. The highest BCUT2D eigenvalue weighted by molar-refractivity contribution is 5.89. The number of para-hydroxylation sites is 1. The summed E-state index contributed by atoms with van der Waals surface area (Å²) in [6.07, 6.45) is -0.464. The molecule has 0 aliphatic rings. The number of carbonyl (C=O) groups excluding carboxylic acids is 1. The van der Waals surface area contributed by atoms with E-state index in [1.165, 1.54) is 12.1 Å². The van der Waals surface area contributed by atoms with Crippen LogP contribution in [0.4, 0.5) is 4.39 Å². The van der Waals surface area contributed by atoms with Gasteiger partial charge in [-0.2, -0.15) is 0 Å². The van der Waals surface area contributed by atoms with E-state index in [-0.39, 0.29) is 5.82 Å². The summed E-state index contributed by atoms with van der Waals surface area (Å²) < 4.78 is 24.1. The van der Waals surface area contributed by atoms with Gasteiger partial charge in [-0.05, 0) is 61.0 Å². The third-order valence-electron chi connectivity index (χ3n) is 3.69. The lowest BCUT2D eigenvalue weighted by molar-refractivity contribution is 0.0338. The molecular weight excluding hydrogens is 319 g/mol. The Hall–Kier alpha value is -3.14. The molecule has 0 saturated heterocycles. The maximum absolute atomic E-state index is 13.0. The zero-order chi connectivity index (χ0) is 17.6. The third kappa shape index (κ3) is 4.44. The van der Waals surface area contributed by atoms with Crippen LogP contribution in [0.1, 0.15) is 28.9 Å². The van der Waals surface area contributed by atoms with E-state index in [0.29, 0.717) is 11.3 Å². The van der Waals surface area contributed by atoms with Gasteiger partial charge in [0.25, 0.3) is 0 Å². The molecule has 0 saturated carbocycles. The third-order valence-corrected chi connectivity index (χ3v) is 3.69. The van der Waals surface area contributed by atoms with Crippen molar-refractivity contribution in [3.8, 4) is 11.5 Å². The van der Waals surface area contributed by atoms with E-state index in [4.69, 9.17) is 9.47 Å². The van der Waals surface area contributed by atoms with E-state index in [0.717, 1.165) is 11.3 Å². The van der Waals surface area contributed by atoms with Gasteiger partial charge >= 0.3 is 5.97 Å². The van der Waals surface area contributed by atoms with Crippen LogP contribution in [-0.4, -0.2) is 5.97 Å². The number of rotatable bonds is 5. The van der Waals surface area contributed by atoms with Crippen molar-refractivity contribution in [2.24, 2.45) is 0 Å². The topological polar surface area (TPSA) is 35.5 Å². The van der Waals surface area contributed by atoms with E-state index < -0.39 is 12.1 Å². The molecule has 0 bridgehead atoms. The van der Waals surface area contributed by atoms with E-state index >= 15 is 0 Å². The molecule has 25 heavy (non-hydrogen) atoms. The fraction of sp³-hybridized carbons (Fsp3) is 0.0952. The number of ether oxygens (including phenoxy) is 2. The summed E-state index contributed by atoms with van der Waals surface area (Å²) in [7, 11) is 0. The van der Waals surface area contributed by atoms with Crippen molar-refractivity contribution in [1.29, 1.82) is 0 Å². The molecule has 0 amide bonds. The first-order valence-electron chi connectivity index (χ1n) is 7.91. The zero-order valence-corrected chi connectivity index (χ0v) is 13.7. The fourth-order valence-electron chi connectivity index (χ4n) is 2.31. The Labute approximate surface area is 145 Å². The Bertz CT molecular complexity index is 827. The lowest BCUT2D eigenvalue weighted by Gasteiger charge is -2.14. The SMILES string of the molecule is C[C@H](OC(=O)c1ccc(Oc2ccccc2)cc1)c1ccc(F)cc1. The molecule has 0 aromatic heterocycles. The first-order valence-corrected chi connectivity index (χ1v) is 7.91. The molecule has 0 aliphatic heterocycles. The average Bonchev–Trinajstić information content (AvgIpc) is 2.63. The van der Waals surface area contributed by atoms with Crippen molar-refractivity contribution in [3.63, 3.8) is 0 Å². The molecule has 0 aliphatic carbocycles. The highest BCUT2D eigenvalue weighted by Gasteiger charge is 2.14. The summed E-state index contributed by atoms with van der Waals surface area (Å²) in [6.45, 7) is 1.75. The molecule has 4 heteroatoms. The standard InChI is InChI=1S/C21H17FO3/c1-15(16-7-11-18(22)12-8-16)24-21(23)17-9-13-20(14-10-17)25-19-5-3-2-4-6-19/h2-15H,1H3/t15-/m0/s1. The Morgan fingerprint density at radius 2 is 1.44 bits per heavy atom. The number of carbonyl (C=O) groups is 1. The molecule has 3 nitrogen and oxygen atoms in total. The maximum Gasteiger partial charge on any atom is 0.338 e. The van der Waals surface area contributed by atoms with Gasteiger partial charge in [0.15, 0.2) is 0 Å². The lowest BCUT2D eigenvalue weighted by Crippen LogP contribution is -2.09. The lowest BCUT2D eigenvalue weighted by atomic mass is 10.1. The van der Waals surface area contributed by atoms with Gasteiger partial charge in [-0.15, -0.1) is 0 Å². The molecule has 0 spiro atoms. The van der Waals surface area contributed by atoms with Crippen LogP contribution in [0.2, 0.25) is 0 Å². The number of hydrogen-bond donors (Lipinski definition) is 0. The summed E-state index contributed by atoms with van der Waals surface area (Å²) >= 11 is 0. The number of halogens is 1. The van der Waals surface area contributed by atoms with Crippen molar-refractivity contribution in [2.45, 2.75) is 13.0 Å². The van der Waals surface area contributed by atoms with Crippen LogP contribution < -0.4 is 4.74 Å². The second-order valence-corrected chi connectivity index (χ2v) is 5.54. The number of esters is 1. The molecule has 0 unspecified atom stereocenters. The van der Waals surface area contributed by atoms with Crippen molar-refractivity contribution >= 4 is 5.97 Å². The molecule has 1 atom stereocenters. The first-order chi connectivity index (χ1) is 12.1. The molecule has 126 valence electrons. The molecule has 0 fully saturated rings. The largest absolute Gasteiger partial charge is 0.457 e. The van der Waals surface area contributed by atoms with Crippen LogP contribution >= 0.6 is 0 Å². The van der Waals surface area contributed by atoms with E-state index in [2.05, 4.69) is 0 Å². The molecule has 0 heterocycles. The summed E-state index contributed by atoms with van der Waals surface area (Å²) in [5.74, 6) is 0.594. The highest BCUT2D eigenvalue weighted by atomic mass is 19.1. The van der Waals surface area contributed by atoms with E-state index in [9.17, 15) is 9.18 Å². The summed E-state index contributed by atoms with van der Waals surface area (Å²) in [4.78, 5) is 12.2. The molecule has 3 rings (SSSR count). The summed E-state index contributed by atoms with van der Waals surface area (Å²) in [6, 6.07) is 22.0. The highest BCUT2D eigenvalue weighted by Crippen LogP contribution is 2.23. The Morgan fingerprint density at radius 3 is 2.08 bits per heavy atom. The van der Waals surface area contributed by atoms with Gasteiger partial charge in [-0.1, -0.05) is 30.3 Å². The molecule has 3 aromatic rings. The molecule has 0 N–H and O–H groups in total. The van der Waals surface area contributed by atoms with Crippen molar-refractivity contribution < 1.29 is 18.7 Å². The second-order valence-electron chi connectivity index (χ2n) is 5.54. The molecule has 3 aromatic carbocycles. The van der Waals surface area contributed by atoms with Gasteiger partial charge in [-0.3, -0.25) is 0 Å². The van der Waals surface area contributed by atoms with E-state index in [1.54, 1.807) is 43.3 Å². The molecular formula is C21H17FO3. The maximum atomic E-state index is 13.0. The first kappa shape index (κ1) is 16.7. The predicted octanol–water partition coefficient (Wildman–Crippen LogP) is 5.54. The Kier molecular flexibility index (Phi) is 5.09. The quantitative estimate of drug-likeness (QED) is 0.574. The van der Waals surface area contributed by atoms with Crippen LogP contribution in [0, 0.1) is 5.82 Å². The second kappa shape index (κ2) is 7.62. The van der Waals surface area contributed by atoms with Gasteiger partial charge in [0.1, 0.15) is 23.4 Å². The zero-order valence-electron chi connectivity index (χ0n) is 13.7. The normalized spacial score (nSPS) is 11.6. The molecule has 0 radical (unpaired) electrons.